The first-order valence-electron chi connectivity index (χ1n) is 15.4. The van der Waals surface area contributed by atoms with Gasteiger partial charge in [-0.1, -0.05) is 103 Å². The lowest BCUT2D eigenvalue weighted by Crippen LogP contribution is -2.41. The second-order valence-corrected chi connectivity index (χ2v) is 10.6. The number of unbranched alkanes of at least 4 members (excludes halogenated alkanes) is 17. The molecule has 39 heavy (non-hydrogen) atoms. The second-order valence-electron chi connectivity index (χ2n) is 10.6. The number of carboxylic acids is 2. The Hall–Kier alpha value is -2.16. The number of ether oxygens (including phenoxy) is 1. The summed E-state index contributed by atoms with van der Waals surface area (Å²) in [4.78, 5) is 45.7. The van der Waals surface area contributed by atoms with Crippen LogP contribution in [0.2, 0.25) is 0 Å². The van der Waals surface area contributed by atoms with Crippen molar-refractivity contribution in [3.05, 3.63) is 0 Å². The number of nitrogens with one attached hydrogen (secondary N) is 2. The summed E-state index contributed by atoms with van der Waals surface area (Å²) in [6.07, 6.45) is 21.9. The molecule has 0 bridgehead atoms. The number of methoxy groups -OCH3 is 1. The van der Waals surface area contributed by atoms with Crippen molar-refractivity contribution in [2.75, 3.05) is 20.3 Å². The molecule has 9 heteroatoms. The second kappa shape index (κ2) is 27.4. The molecule has 1 atom stereocenters. The Morgan fingerprint density at radius 3 is 1.38 bits per heavy atom. The van der Waals surface area contributed by atoms with Gasteiger partial charge in [-0.3, -0.25) is 14.4 Å². The quantitative estimate of drug-likeness (QED) is 0.0830. The van der Waals surface area contributed by atoms with E-state index in [1.807, 2.05) is 0 Å². The Morgan fingerprint density at radius 1 is 0.590 bits per heavy atom. The van der Waals surface area contributed by atoms with Crippen molar-refractivity contribution in [1.29, 1.82) is 0 Å². The Morgan fingerprint density at radius 2 is 1.00 bits per heavy atom. The van der Waals surface area contributed by atoms with Gasteiger partial charge in [0.15, 0.2) is 0 Å². The van der Waals surface area contributed by atoms with Crippen molar-refractivity contribution in [3.8, 4) is 0 Å². The molecule has 0 aliphatic heterocycles. The van der Waals surface area contributed by atoms with E-state index in [9.17, 15) is 24.3 Å². The highest BCUT2D eigenvalue weighted by Gasteiger charge is 2.20. The molecule has 0 radical (unpaired) electrons. The van der Waals surface area contributed by atoms with Gasteiger partial charge in [0, 0.05) is 32.9 Å². The highest BCUT2D eigenvalue weighted by atomic mass is 16.5. The number of carbonyl (C=O) groups is 4. The van der Waals surface area contributed by atoms with Crippen LogP contribution in [-0.2, 0) is 23.9 Å². The molecule has 0 spiro atoms. The molecule has 0 heterocycles. The van der Waals surface area contributed by atoms with Crippen molar-refractivity contribution >= 4 is 23.8 Å². The van der Waals surface area contributed by atoms with E-state index in [0.29, 0.717) is 26.0 Å². The lowest BCUT2D eigenvalue weighted by Gasteiger charge is -2.14. The van der Waals surface area contributed by atoms with Crippen molar-refractivity contribution in [2.45, 2.75) is 147 Å². The molecule has 0 aliphatic rings. The maximum Gasteiger partial charge on any atom is 0.326 e. The molecule has 4 N–H and O–H groups in total. The molecule has 0 aromatic rings. The largest absolute Gasteiger partial charge is 0.481 e. The van der Waals surface area contributed by atoms with E-state index in [-0.39, 0.29) is 24.7 Å². The van der Waals surface area contributed by atoms with E-state index in [1.165, 1.54) is 84.2 Å². The number of aliphatic carboxylic acids is 2. The zero-order valence-corrected chi connectivity index (χ0v) is 24.5. The Labute approximate surface area is 236 Å². The van der Waals surface area contributed by atoms with E-state index in [2.05, 4.69) is 10.6 Å². The van der Waals surface area contributed by atoms with Crippen molar-refractivity contribution in [1.82, 2.24) is 10.6 Å². The van der Waals surface area contributed by atoms with E-state index in [0.717, 1.165) is 38.5 Å². The Kier molecular flexibility index (Phi) is 25.9. The number of rotatable bonds is 29. The summed E-state index contributed by atoms with van der Waals surface area (Å²) in [5, 5.41) is 23.1. The van der Waals surface area contributed by atoms with Crippen molar-refractivity contribution in [3.63, 3.8) is 0 Å². The van der Waals surface area contributed by atoms with Gasteiger partial charge in [0.1, 0.15) is 6.04 Å². The van der Waals surface area contributed by atoms with Crippen LogP contribution in [0.1, 0.15) is 141 Å². The maximum absolute atomic E-state index is 12.1. The monoisotopic (exact) mass is 556 g/mol. The first-order chi connectivity index (χ1) is 18.9. The third-order valence-corrected chi connectivity index (χ3v) is 6.97. The summed E-state index contributed by atoms with van der Waals surface area (Å²) < 4.78 is 4.85. The fraction of sp³-hybridized carbons (Fsp3) is 0.867. The lowest BCUT2D eigenvalue weighted by molar-refractivity contribution is -0.142. The molecule has 0 aliphatic carbocycles. The molecule has 0 saturated carbocycles. The van der Waals surface area contributed by atoms with Crippen molar-refractivity contribution in [2.24, 2.45) is 0 Å². The molecule has 2 amide bonds. The smallest absolute Gasteiger partial charge is 0.326 e. The fourth-order valence-electron chi connectivity index (χ4n) is 4.57. The molecule has 0 aromatic heterocycles. The Bertz CT molecular complexity index is 643. The summed E-state index contributed by atoms with van der Waals surface area (Å²) in [5.41, 5.74) is 0. The first kappa shape index (κ1) is 36.8. The number of hydrogen-bond donors (Lipinski definition) is 4. The van der Waals surface area contributed by atoms with Gasteiger partial charge >= 0.3 is 11.9 Å². The van der Waals surface area contributed by atoms with Crippen LogP contribution < -0.4 is 10.6 Å². The highest BCUT2D eigenvalue weighted by Crippen LogP contribution is 2.15. The molecule has 0 saturated heterocycles. The molecule has 0 unspecified atom stereocenters. The molecular weight excluding hydrogens is 500 g/mol. The summed E-state index contributed by atoms with van der Waals surface area (Å²) in [7, 11) is 1.54. The van der Waals surface area contributed by atoms with Crippen LogP contribution in [0.5, 0.6) is 0 Å². The molecule has 0 fully saturated rings. The minimum atomic E-state index is -1.12. The highest BCUT2D eigenvalue weighted by molar-refractivity contribution is 5.84. The predicted molar refractivity (Wildman–Crippen MR) is 154 cm³/mol. The van der Waals surface area contributed by atoms with Crippen molar-refractivity contribution < 1.29 is 34.1 Å². The number of carboxylic acid groups (broad SMARTS) is 2. The van der Waals surface area contributed by atoms with Gasteiger partial charge in [0.2, 0.25) is 11.8 Å². The van der Waals surface area contributed by atoms with E-state index in [4.69, 9.17) is 9.84 Å². The minimum Gasteiger partial charge on any atom is -0.481 e. The van der Waals surface area contributed by atoms with Gasteiger partial charge in [0.25, 0.3) is 0 Å². The van der Waals surface area contributed by atoms with E-state index >= 15 is 0 Å². The summed E-state index contributed by atoms with van der Waals surface area (Å²) in [5.74, 6) is -2.32. The number of carbonyl (C=O) groups excluding carboxylic acids is 2. The van der Waals surface area contributed by atoms with Crippen LogP contribution >= 0.6 is 0 Å². The van der Waals surface area contributed by atoms with Crippen LogP contribution in [0.3, 0.4) is 0 Å². The SMILES string of the molecule is COCCNC(=O)CC[C@H](NC(=O)CCCCCCCCCCCCCCCCCCCCC(=O)O)C(=O)O. The Balaban J connectivity index is 3.49. The minimum absolute atomic E-state index is 0.0425. The van der Waals surface area contributed by atoms with Gasteiger partial charge in [-0.25, -0.2) is 4.79 Å². The van der Waals surface area contributed by atoms with Gasteiger partial charge in [-0.15, -0.1) is 0 Å². The standard InChI is InChI=1S/C30H56N2O7/c1-39-25-24-31-27(33)23-22-26(30(37)38)32-28(34)20-18-16-14-12-10-8-6-4-2-3-5-7-9-11-13-15-17-19-21-29(35)36/h26H,2-25H2,1H3,(H,31,33)(H,32,34)(H,35,36)(H,37,38)/t26-/m0/s1. The van der Waals surface area contributed by atoms with E-state index < -0.39 is 18.0 Å². The van der Waals surface area contributed by atoms with Gasteiger partial charge in [-0.05, 0) is 19.3 Å². The third-order valence-electron chi connectivity index (χ3n) is 6.97. The lowest BCUT2D eigenvalue weighted by atomic mass is 10.0. The summed E-state index contributed by atoms with van der Waals surface area (Å²) in [6.45, 7) is 0.774. The maximum atomic E-state index is 12.1. The third kappa shape index (κ3) is 27.2. The first-order valence-corrected chi connectivity index (χ1v) is 15.4. The average molecular weight is 557 g/mol. The molecule has 228 valence electrons. The summed E-state index contributed by atoms with van der Waals surface area (Å²) >= 11 is 0. The van der Waals surface area contributed by atoms with Crippen LogP contribution in [0.15, 0.2) is 0 Å². The van der Waals surface area contributed by atoms with Crippen LogP contribution in [-0.4, -0.2) is 60.3 Å². The molecule has 0 rings (SSSR count). The molecule has 9 nitrogen and oxygen atoms in total. The molecular formula is C30H56N2O7. The predicted octanol–water partition coefficient (Wildman–Crippen LogP) is 5.99. The zero-order chi connectivity index (χ0) is 29.0. The number of hydrogen-bond acceptors (Lipinski definition) is 5. The van der Waals surface area contributed by atoms with Gasteiger partial charge in [0.05, 0.1) is 6.61 Å². The fourth-order valence-corrected chi connectivity index (χ4v) is 4.57. The average Bonchev–Trinajstić information content (AvgIpc) is 2.89. The van der Waals surface area contributed by atoms with E-state index in [1.54, 1.807) is 0 Å². The zero-order valence-electron chi connectivity index (χ0n) is 24.5. The molecule has 0 aromatic carbocycles. The van der Waals surface area contributed by atoms with Crippen LogP contribution in [0, 0.1) is 0 Å². The van der Waals surface area contributed by atoms with Crippen LogP contribution in [0.25, 0.3) is 0 Å². The normalized spacial score (nSPS) is 11.7. The number of amides is 2. The van der Waals surface area contributed by atoms with Crippen LogP contribution in [0.4, 0.5) is 0 Å². The van der Waals surface area contributed by atoms with Gasteiger partial charge < -0.3 is 25.6 Å². The summed E-state index contributed by atoms with van der Waals surface area (Å²) in [6, 6.07) is -1.04. The van der Waals surface area contributed by atoms with Gasteiger partial charge in [-0.2, -0.15) is 0 Å². The topological polar surface area (TPSA) is 142 Å².